The highest BCUT2D eigenvalue weighted by molar-refractivity contribution is 6.40. The Morgan fingerprint density at radius 3 is 2.53 bits per heavy atom. The van der Waals surface area contributed by atoms with Crippen molar-refractivity contribution in [1.29, 1.82) is 0 Å². The summed E-state index contributed by atoms with van der Waals surface area (Å²) in [4.78, 5) is 39.4. The summed E-state index contributed by atoms with van der Waals surface area (Å²) < 4.78 is 40.5. The highest BCUT2D eigenvalue weighted by atomic mass is 19.2. The van der Waals surface area contributed by atoms with Gasteiger partial charge in [0.05, 0.1) is 11.4 Å². The number of amides is 3. The molecular formula is C24H25F3N4O3. The van der Waals surface area contributed by atoms with Crippen molar-refractivity contribution < 1.29 is 27.6 Å². The van der Waals surface area contributed by atoms with Gasteiger partial charge in [0.2, 0.25) is 11.8 Å². The number of benzene rings is 2. The van der Waals surface area contributed by atoms with Gasteiger partial charge in [0, 0.05) is 19.4 Å². The van der Waals surface area contributed by atoms with Crippen LogP contribution < -0.4 is 10.3 Å². The van der Waals surface area contributed by atoms with Gasteiger partial charge in [0.1, 0.15) is 12.3 Å². The summed E-state index contributed by atoms with van der Waals surface area (Å²) in [6.45, 7) is 5.26. The fourth-order valence-corrected chi connectivity index (χ4v) is 3.53. The average Bonchev–Trinajstić information content (AvgIpc) is 2.81. The van der Waals surface area contributed by atoms with Crippen molar-refractivity contribution in [3.63, 3.8) is 0 Å². The number of nitrogens with one attached hydrogen (secondary N) is 1. The maximum absolute atomic E-state index is 13.9. The van der Waals surface area contributed by atoms with E-state index in [0.29, 0.717) is 18.2 Å². The first-order chi connectivity index (χ1) is 16.1. The molecule has 1 aliphatic heterocycles. The largest absolute Gasteiger partial charge is 0.328 e. The lowest BCUT2D eigenvalue weighted by Crippen LogP contribution is -2.45. The summed E-state index contributed by atoms with van der Waals surface area (Å²) in [6, 6.07) is 7.15. The quantitative estimate of drug-likeness (QED) is 0.614. The SMILES string of the molecule is CCCN(CC(=O)Nc1ccc(F)c(F)c1F)C(=O)C1=NN(c2cc(C)ccc2C)C(=O)CC1. The van der Waals surface area contributed by atoms with Crippen LogP contribution in [-0.2, 0) is 14.4 Å². The molecule has 0 saturated heterocycles. The van der Waals surface area contributed by atoms with E-state index >= 15 is 0 Å². The zero-order valence-electron chi connectivity index (χ0n) is 19.1. The molecule has 2 aromatic carbocycles. The van der Waals surface area contributed by atoms with Gasteiger partial charge in [-0.1, -0.05) is 19.1 Å². The number of hydrogen-bond donors (Lipinski definition) is 1. The molecule has 0 aromatic heterocycles. The molecule has 1 aliphatic rings. The molecule has 0 atom stereocenters. The Morgan fingerprint density at radius 2 is 1.82 bits per heavy atom. The second kappa shape index (κ2) is 10.5. The maximum atomic E-state index is 13.9. The number of rotatable bonds is 7. The molecule has 0 bridgehead atoms. The van der Waals surface area contributed by atoms with E-state index in [1.54, 1.807) is 6.07 Å². The van der Waals surface area contributed by atoms with Crippen molar-refractivity contribution in [3.05, 3.63) is 58.9 Å². The van der Waals surface area contributed by atoms with Gasteiger partial charge in [0.25, 0.3) is 5.91 Å². The molecule has 0 radical (unpaired) electrons. The van der Waals surface area contributed by atoms with Crippen molar-refractivity contribution in [2.75, 3.05) is 23.4 Å². The van der Waals surface area contributed by atoms with Crippen molar-refractivity contribution in [3.8, 4) is 0 Å². The van der Waals surface area contributed by atoms with Gasteiger partial charge in [-0.15, -0.1) is 0 Å². The predicted octanol–water partition coefficient (Wildman–Crippen LogP) is 4.08. The van der Waals surface area contributed by atoms with E-state index in [1.165, 1.54) is 9.91 Å². The van der Waals surface area contributed by atoms with E-state index in [-0.39, 0.29) is 31.0 Å². The van der Waals surface area contributed by atoms with Crippen LogP contribution in [0, 0.1) is 31.3 Å². The number of carbonyl (C=O) groups is 3. The number of carbonyl (C=O) groups excluding carboxylic acids is 3. The lowest BCUT2D eigenvalue weighted by atomic mass is 10.1. The number of anilines is 2. The molecule has 1 heterocycles. The Balaban J connectivity index is 1.80. The van der Waals surface area contributed by atoms with E-state index in [2.05, 4.69) is 10.4 Å². The van der Waals surface area contributed by atoms with Gasteiger partial charge in [-0.3, -0.25) is 14.4 Å². The fraction of sp³-hybridized carbons (Fsp3) is 0.333. The van der Waals surface area contributed by atoms with Gasteiger partial charge < -0.3 is 10.2 Å². The van der Waals surface area contributed by atoms with Crippen LogP contribution in [0.25, 0.3) is 0 Å². The van der Waals surface area contributed by atoms with Crippen LogP contribution >= 0.6 is 0 Å². The molecule has 0 fully saturated rings. The minimum absolute atomic E-state index is 0.0736. The molecule has 0 spiro atoms. The van der Waals surface area contributed by atoms with Crippen LogP contribution in [0.2, 0.25) is 0 Å². The number of halogens is 3. The van der Waals surface area contributed by atoms with E-state index in [4.69, 9.17) is 0 Å². The third-order valence-electron chi connectivity index (χ3n) is 5.30. The molecule has 2 aromatic rings. The molecule has 3 rings (SSSR count). The molecular weight excluding hydrogens is 449 g/mol. The van der Waals surface area contributed by atoms with Crippen LogP contribution in [0.3, 0.4) is 0 Å². The van der Waals surface area contributed by atoms with Crippen LogP contribution in [0.15, 0.2) is 35.4 Å². The van der Waals surface area contributed by atoms with E-state index in [0.717, 1.165) is 17.2 Å². The smallest absolute Gasteiger partial charge is 0.270 e. The van der Waals surface area contributed by atoms with Crippen LogP contribution in [-0.4, -0.2) is 41.4 Å². The first-order valence-corrected chi connectivity index (χ1v) is 10.8. The molecule has 1 N–H and O–H groups in total. The van der Waals surface area contributed by atoms with E-state index < -0.39 is 41.5 Å². The third kappa shape index (κ3) is 5.44. The first-order valence-electron chi connectivity index (χ1n) is 10.8. The zero-order valence-corrected chi connectivity index (χ0v) is 19.1. The van der Waals surface area contributed by atoms with Crippen LogP contribution in [0.5, 0.6) is 0 Å². The molecule has 0 unspecified atom stereocenters. The van der Waals surface area contributed by atoms with Crippen molar-refractivity contribution in [1.82, 2.24) is 4.90 Å². The molecule has 0 saturated carbocycles. The van der Waals surface area contributed by atoms with Gasteiger partial charge in [-0.25, -0.2) is 18.2 Å². The highest BCUT2D eigenvalue weighted by Gasteiger charge is 2.30. The van der Waals surface area contributed by atoms with Crippen molar-refractivity contribution >= 4 is 34.8 Å². The normalized spacial score (nSPS) is 13.5. The fourth-order valence-electron chi connectivity index (χ4n) is 3.53. The zero-order chi connectivity index (χ0) is 25.0. The molecule has 180 valence electrons. The van der Waals surface area contributed by atoms with Crippen LogP contribution in [0.1, 0.15) is 37.3 Å². The minimum atomic E-state index is -1.70. The number of hydrogen-bond acceptors (Lipinski definition) is 4. The Bertz CT molecular complexity index is 1170. The minimum Gasteiger partial charge on any atom is -0.328 e. The number of nitrogens with zero attached hydrogens (tertiary/aromatic N) is 3. The molecule has 3 amide bonds. The van der Waals surface area contributed by atoms with Crippen LogP contribution in [0.4, 0.5) is 24.5 Å². The lowest BCUT2D eigenvalue weighted by molar-refractivity contribution is -0.129. The summed E-state index contributed by atoms with van der Waals surface area (Å²) in [7, 11) is 0. The highest BCUT2D eigenvalue weighted by Crippen LogP contribution is 2.26. The summed E-state index contributed by atoms with van der Waals surface area (Å²) in [5.41, 5.74) is 1.89. The average molecular weight is 474 g/mol. The van der Waals surface area contributed by atoms with Gasteiger partial charge in [-0.2, -0.15) is 5.10 Å². The molecule has 10 heteroatoms. The third-order valence-corrected chi connectivity index (χ3v) is 5.30. The second-order valence-corrected chi connectivity index (χ2v) is 8.04. The molecule has 34 heavy (non-hydrogen) atoms. The topological polar surface area (TPSA) is 82.1 Å². The van der Waals surface area contributed by atoms with Crippen molar-refractivity contribution in [2.24, 2.45) is 5.10 Å². The Labute approximate surface area is 195 Å². The first kappa shape index (κ1) is 24.9. The molecule has 0 aliphatic carbocycles. The number of hydrazone groups is 1. The Hall–Kier alpha value is -3.69. The Kier molecular flexibility index (Phi) is 7.70. The second-order valence-electron chi connectivity index (χ2n) is 8.04. The summed E-state index contributed by atoms with van der Waals surface area (Å²) in [6.07, 6.45) is 0.703. The predicted molar refractivity (Wildman–Crippen MR) is 122 cm³/mol. The lowest BCUT2D eigenvalue weighted by Gasteiger charge is -2.28. The van der Waals surface area contributed by atoms with Gasteiger partial charge in [0.15, 0.2) is 17.5 Å². The number of aryl methyl sites for hydroxylation is 2. The maximum Gasteiger partial charge on any atom is 0.270 e. The standard InChI is InChI=1S/C24H25F3N4O3/c1-4-11-30(13-20(32)28-17-8-7-16(25)22(26)23(17)27)24(34)18-9-10-21(33)31(29-18)19-12-14(2)5-6-15(19)3/h5-8,12H,4,9-11,13H2,1-3H3,(H,28,32). The van der Waals surface area contributed by atoms with Gasteiger partial charge in [-0.05, 0) is 49.6 Å². The van der Waals surface area contributed by atoms with E-state index in [1.807, 2.05) is 32.9 Å². The monoisotopic (exact) mass is 474 g/mol. The molecule has 7 nitrogen and oxygen atoms in total. The van der Waals surface area contributed by atoms with E-state index in [9.17, 15) is 27.6 Å². The van der Waals surface area contributed by atoms with Crippen molar-refractivity contribution in [2.45, 2.75) is 40.0 Å². The summed E-state index contributed by atoms with van der Waals surface area (Å²) >= 11 is 0. The van der Waals surface area contributed by atoms with Gasteiger partial charge >= 0.3 is 0 Å². The summed E-state index contributed by atoms with van der Waals surface area (Å²) in [5.74, 6) is -6.18. The summed E-state index contributed by atoms with van der Waals surface area (Å²) in [5, 5.41) is 7.66. The Morgan fingerprint density at radius 1 is 1.09 bits per heavy atom.